The Bertz CT molecular complexity index is 634. The van der Waals surface area contributed by atoms with Gasteiger partial charge in [-0.25, -0.2) is 4.98 Å². The van der Waals surface area contributed by atoms with Crippen molar-refractivity contribution in [1.82, 2.24) is 14.5 Å². The van der Waals surface area contributed by atoms with Gasteiger partial charge in [0.2, 0.25) is 5.28 Å². The first-order valence-corrected chi connectivity index (χ1v) is 6.78. The van der Waals surface area contributed by atoms with Gasteiger partial charge in [-0.05, 0) is 24.4 Å². The minimum atomic E-state index is 0.187. The van der Waals surface area contributed by atoms with E-state index in [0.29, 0.717) is 29.6 Å². The molecule has 0 atom stereocenters. The molecule has 7 heteroatoms. The summed E-state index contributed by atoms with van der Waals surface area (Å²) in [6, 6.07) is 0.225. The van der Waals surface area contributed by atoms with Gasteiger partial charge in [-0.15, -0.1) is 0 Å². The quantitative estimate of drug-likeness (QED) is 0.684. The zero-order valence-electron chi connectivity index (χ0n) is 10.1. The van der Waals surface area contributed by atoms with Crippen LogP contribution in [0.3, 0.4) is 0 Å². The van der Waals surface area contributed by atoms with E-state index in [1.807, 2.05) is 4.57 Å². The molecule has 1 aliphatic heterocycles. The second-order valence-electron chi connectivity index (χ2n) is 4.44. The Balaban J connectivity index is 2.23. The number of hydrogen-bond acceptors (Lipinski definition) is 4. The highest BCUT2D eigenvalue weighted by Gasteiger charge is 2.24. The summed E-state index contributed by atoms with van der Waals surface area (Å²) in [5.74, 6) is 0. The van der Waals surface area contributed by atoms with Gasteiger partial charge in [-0.3, -0.25) is 0 Å². The number of nitrogens with zero attached hydrogens (tertiary/aromatic N) is 3. The Hall–Kier alpha value is -1.17. The summed E-state index contributed by atoms with van der Waals surface area (Å²) in [6.07, 6.45) is 4.61. The van der Waals surface area contributed by atoms with Gasteiger partial charge in [0, 0.05) is 42.6 Å². The molecule has 19 heavy (non-hydrogen) atoms. The lowest BCUT2D eigenvalue weighted by Gasteiger charge is -2.24. The zero-order chi connectivity index (χ0) is 13.4. The minimum absolute atomic E-state index is 0.187. The van der Waals surface area contributed by atoms with Crippen LogP contribution in [0.1, 0.15) is 24.4 Å². The van der Waals surface area contributed by atoms with Gasteiger partial charge in [0.1, 0.15) is 10.8 Å². The number of nitrogens with one attached hydrogen (secondary N) is 1. The predicted octanol–water partition coefficient (Wildman–Crippen LogP) is 3.09. The Morgan fingerprint density at radius 3 is 2.79 bits per heavy atom. The number of halogens is 2. The van der Waals surface area contributed by atoms with Crippen molar-refractivity contribution in [3.8, 4) is 0 Å². The van der Waals surface area contributed by atoms with Crippen molar-refractivity contribution in [2.24, 2.45) is 0 Å². The number of aromatic nitrogens is 3. The molecule has 1 aliphatic rings. The zero-order valence-corrected chi connectivity index (χ0v) is 11.6. The van der Waals surface area contributed by atoms with E-state index in [1.165, 1.54) is 6.21 Å². The van der Waals surface area contributed by atoms with Gasteiger partial charge in [-0.2, -0.15) is 4.98 Å². The van der Waals surface area contributed by atoms with E-state index in [-0.39, 0.29) is 11.3 Å². The molecule has 100 valence electrons. The van der Waals surface area contributed by atoms with Gasteiger partial charge in [0.15, 0.2) is 0 Å². The molecule has 0 saturated carbocycles. The Labute approximate surface area is 120 Å². The Kier molecular flexibility index (Phi) is 3.43. The molecule has 2 aromatic heterocycles. The van der Waals surface area contributed by atoms with Crippen molar-refractivity contribution in [2.45, 2.75) is 18.9 Å². The summed E-state index contributed by atoms with van der Waals surface area (Å²) in [5, 5.41) is 8.98. The number of hydrogen-bond donors (Lipinski definition) is 1. The highest BCUT2D eigenvalue weighted by atomic mass is 35.5. The molecule has 1 N–H and O–H groups in total. The number of ether oxygens (including phenoxy) is 1. The maximum atomic E-state index is 7.51. The molecular formula is C12H12Cl2N4O. The van der Waals surface area contributed by atoms with Crippen LogP contribution in [0, 0.1) is 5.41 Å². The third-order valence-electron chi connectivity index (χ3n) is 3.39. The van der Waals surface area contributed by atoms with Crippen molar-refractivity contribution in [1.29, 1.82) is 5.41 Å². The van der Waals surface area contributed by atoms with E-state index in [4.69, 9.17) is 33.3 Å². The van der Waals surface area contributed by atoms with Crippen molar-refractivity contribution < 1.29 is 4.74 Å². The first kappa shape index (κ1) is 12.8. The van der Waals surface area contributed by atoms with Crippen LogP contribution in [0.5, 0.6) is 0 Å². The fourth-order valence-corrected chi connectivity index (χ4v) is 2.98. The first-order valence-electron chi connectivity index (χ1n) is 6.02. The molecule has 3 heterocycles. The molecular weight excluding hydrogens is 287 g/mol. The van der Waals surface area contributed by atoms with Crippen molar-refractivity contribution >= 4 is 40.4 Å². The van der Waals surface area contributed by atoms with Crippen molar-refractivity contribution in [2.75, 3.05) is 13.2 Å². The molecule has 1 fully saturated rings. The average molecular weight is 299 g/mol. The summed E-state index contributed by atoms with van der Waals surface area (Å²) >= 11 is 12.3. The third-order valence-corrected chi connectivity index (χ3v) is 3.96. The van der Waals surface area contributed by atoms with Crippen LogP contribution in [-0.4, -0.2) is 34.0 Å². The SMILES string of the molecule is N=Cc1c(Cl)n(C2CCOCC2)c2nc(Cl)ncc12. The summed E-state index contributed by atoms with van der Waals surface area (Å²) in [5.41, 5.74) is 1.33. The van der Waals surface area contributed by atoms with E-state index < -0.39 is 0 Å². The fourth-order valence-electron chi connectivity index (χ4n) is 2.47. The van der Waals surface area contributed by atoms with Gasteiger partial charge >= 0.3 is 0 Å². The third kappa shape index (κ3) is 2.12. The predicted molar refractivity (Wildman–Crippen MR) is 74.5 cm³/mol. The number of rotatable bonds is 2. The molecule has 0 bridgehead atoms. The summed E-state index contributed by atoms with van der Waals surface area (Å²) in [7, 11) is 0. The number of fused-ring (bicyclic) bond motifs is 1. The van der Waals surface area contributed by atoms with Crippen LogP contribution >= 0.6 is 23.2 Å². The van der Waals surface area contributed by atoms with Crippen LogP contribution in [0.15, 0.2) is 6.20 Å². The summed E-state index contributed by atoms with van der Waals surface area (Å²) in [4.78, 5) is 8.24. The summed E-state index contributed by atoms with van der Waals surface area (Å²) < 4.78 is 7.32. The van der Waals surface area contributed by atoms with Crippen LogP contribution in [0.25, 0.3) is 11.0 Å². The molecule has 0 unspecified atom stereocenters. The van der Waals surface area contributed by atoms with Crippen molar-refractivity contribution in [3.05, 3.63) is 22.2 Å². The standard InChI is InChI=1S/C12H12Cl2N4O/c13-10-8(5-15)9-6-16-12(14)17-11(9)18(10)7-1-3-19-4-2-7/h5-7,15H,1-4H2. The molecule has 0 aliphatic carbocycles. The maximum Gasteiger partial charge on any atom is 0.224 e. The lowest BCUT2D eigenvalue weighted by Crippen LogP contribution is -2.20. The van der Waals surface area contributed by atoms with E-state index >= 15 is 0 Å². The Morgan fingerprint density at radius 1 is 1.37 bits per heavy atom. The topological polar surface area (TPSA) is 63.8 Å². The fraction of sp³-hybridized carbons (Fsp3) is 0.417. The normalized spacial score (nSPS) is 16.9. The molecule has 0 aromatic carbocycles. The second kappa shape index (κ2) is 5.07. The molecule has 0 radical (unpaired) electrons. The smallest absolute Gasteiger partial charge is 0.224 e. The van der Waals surface area contributed by atoms with Gasteiger partial charge in [-0.1, -0.05) is 11.6 Å². The molecule has 0 spiro atoms. The molecule has 3 rings (SSSR count). The molecule has 0 amide bonds. The second-order valence-corrected chi connectivity index (χ2v) is 5.13. The monoisotopic (exact) mass is 298 g/mol. The van der Waals surface area contributed by atoms with Gasteiger partial charge in [0.05, 0.1) is 0 Å². The van der Waals surface area contributed by atoms with Crippen LogP contribution < -0.4 is 0 Å². The van der Waals surface area contributed by atoms with Crippen LogP contribution in [0.4, 0.5) is 0 Å². The average Bonchev–Trinajstić information content (AvgIpc) is 2.70. The highest BCUT2D eigenvalue weighted by Crippen LogP contribution is 2.34. The van der Waals surface area contributed by atoms with Crippen LogP contribution in [-0.2, 0) is 4.74 Å². The minimum Gasteiger partial charge on any atom is -0.381 e. The Morgan fingerprint density at radius 2 is 2.11 bits per heavy atom. The molecule has 2 aromatic rings. The lowest BCUT2D eigenvalue weighted by molar-refractivity contribution is 0.0706. The van der Waals surface area contributed by atoms with Crippen LogP contribution in [0.2, 0.25) is 10.4 Å². The summed E-state index contributed by atoms with van der Waals surface area (Å²) in [6.45, 7) is 1.42. The van der Waals surface area contributed by atoms with E-state index in [2.05, 4.69) is 9.97 Å². The highest BCUT2D eigenvalue weighted by molar-refractivity contribution is 6.34. The molecule has 5 nitrogen and oxygen atoms in total. The molecule has 1 saturated heterocycles. The first-order chi connectivity index (χ1) is 9.22. The van der Waals surface area contributed by atoms with E-state index in [1.54, 1.807) is 6.20 Å². The largest absolute Gasteiger partial charge is 0.381 e. The van der Waals surface area contributed by atoms with Gasteiger partial charge in [0.25, 0.3) is 0 Å². The lowest BCUT2D eigenvalue weighted by atomic mass is 10.1. The van der Waals surface area contributed by atoms with Gasteiger partial charge < -0.3 is 14.7 Å². The van der Waals surface area contributed by atoms with E-state index in [9.17, 15) is 0 Å². The van der Waals surface area contributed by atoms with Crippen molar-refractivity contribution in [3.63, 3.8) is 0 Å². The maximum absolute atomic E-state index is 7.51. The van der Waals surface area contributed by atoms with E-state index in [0.717, 1.165) is 18.2 Å².